The van der Waals surface area contributed by atoms with Gasteiger partial charge < -0.3 is 9.80 Å². The lowest BCUT2D eigenvalue weighted by Gasteiger charge is -2.44. The van der Waals surface area contributed by atoms with Crippen molar-refractivity contribution < 1.29 is 9.59 Å². The second-order valence-corrected chi connectivity index (χ2v) is 8.49. The van der Waals surface area contributed by atoms with Crippen LogP contribution in [0.5, 0.6) is 0 Å². The molecule has 2 fully saturated rings. The van der Waals surface area contributed by atoms with E-state index in [1.807, 2.05) is 16.8 Å². The van der Waals surface area contributed by atoms with Gasteiger partial charge >= 0.3 is 0 Å². The molecule has 144 valence electrons. The lowest BCUT2D eigenvalue weighted by molar-refractivity contribution is -0.139. The van der Waals surface area contributed by atoms with Crippen LogP contribution in [0.2, 0.25) is 0 Å². The van der Waals surface area contributed by atoms with Crippen LogP contribution in [0.15, 0.2) is 0 Å². The van der Waals surface area contributed by atoms with Gasteiger partial charge in [-0.3, -0.25) is 14.9 Å². The van der Waals surface area contributed by atoms with Crippen molar-refractivity contribution in [1.82, 2.24) is 15.1 Å². The van der Waals surface area contributed by atoms with E-state index in [9.17, 15) is 9.59 Å². The minimum Gasteiger partial charge on any atom is -0.342 e. The van der Waals surface area contributed by atoms with Gasteiger partial charge in [-0.2, -0.15) is 11.8 Å². The molecule has 2 heterocycles. The van der Waals surface area contributed by atoms with Crippen molar-refractivity contribution in [2.75, 3.05) is 32.1 Å². The maximum absolute atomic E-state index is 12.9. The van der Waals surface area contributed by atoms with Crippen molar-refractivity contribution >= 4 is 23.6 Å². The molecule has 6 heteroatoms. The van der Waals surface area contributed by atoms with Crippen molar-refractivity contribution in [3.05, 3.63) is 0 Å². The number of thioether (sulfide) groups is 1. The van der Waals surface area contributed by atoms with E-state index >= 15 is 0 Å². The zero-order chi connectivity index (χ0) is 18.4. The summed E-state index contributed by atoms with van der Waals surface area (Å²) in [6.45, 7) is 5.81. The Bertz CT molecular complexity index is 458. The normalized spacial score (nSPS) is 23.1. The van der Waals surface area contributed by atoms with Crippen molar-refractivity contribution in [3.63, 3.8) is 0 Å². The number of amides is 2. The average Bonchev–Trinajstić information content (AvgIpc) is 2.85. The third-order valence-corrected chi connectivity index (χ3v) is 6.49. The van der Waals surface area contributed by atoms with E-state index in [2.05, 4.69) is 25.4 Å². The summed E-state index contributed by atoms with van der Waals surface area (Å²) in [5.74, 6) is 1.70. The van der Waals surface area contributed by atoms with Crippen LogP contribution in [-0.2, 0) is 9.59 Å². The van der Waals surface area contributed by atoms with Gasteiger partial charge in [0.25, 0.3) is 0 Å². The summed E-state index contributed by atoms with van der Waals surface area (Å²) >= 11 is 1.78. The van der Waals surface area contributed by atoms with Crippen LogP contribution in [0.1, 0.15) is 58.8 Å². The van der Waals surface area contributed by atoms with Crippen LogP contribution in [0.25, 0.3) is 0 Å². The molecule has 0 radical (unpaired) electrons. The van der Waals surface area contributed by atoms with E-state index in [1.165, 1.54) is 0 Å². The molecule has 1 unspecified atom stereocenters. The van der Waals surface area contributed by atoms with Gasteiger partial charge in [0.1, 0.15) is 0 Å². The van der Waals surface area contributed by atoms with Crippen LogP contribution >= 0.6 is 11.8 Å². The van der Waals surface area contributed by atoms with E-state index in [4.69, 9.17) is 0 Å². The first kappa shape index (κ1) is 20.6. The first-order valence-corrected chi connectivity index (χ1v) is 11.2. The molecule has 0 saturated carbocycles. The standard InChI is InChI=1S/C19H35N3O2S/c1-5-7-15(8-6-2)17(23)22-12-10-19(11-13-22)20-16(9-14-25-4)18(24)21(19)3/h15-16,20H,5-14H2,1-4H3. The van der Waals surface area contributed by atoms with Gasteiger partial charge in [0.05, 0.1) is 11.7 Å². The molecule has 0 aromatic heterocycles. The van der Waals surface area contributed by atoms with Gasteiger partial charge in [0.15, 0.2) is 0 Å². The molecule has 0 aromatic carbocycles. The van der Waals surface area contributed by atoms with Crippen molar-refractivity contribution in [2.24, 2.45) is 5.92 Å². The molecule has 2 amide bonds. The Morgan fingerprint density at radius 2 is 1.88 bits per heavy atom. The van der Waals surface area contributed by atoms with Crippen LogP contribution in [0.4, 0.5) is 0 Å². The smallest absolute Gasteiger partial charge is 0.241 e. The zero-order valence-electron chi connectivity index (χ0n) is 16.3. The average molecular weight is 370 g/mol. The fourth-order valence-electron chi connectivity index (χ4n) is 4.28. The number of hydrogen-bond donors (Lipinski definition) is 1. The summed E-state index contributed by atoms with van der Waals surface area (Å²) in [6.07, 6.45) is 8.72. The molecule has 0 aromatic rings. The summed E-state index contributed by atoms with van der Waals surface area (Å²) in [7, 11) is 1.92. The molecule has 1 N–H and O–H groups in total. The first-order chi connectivity index (χ1) is 12.0. The first-order valence-electron chi connectivity index (χ1n) is 9.82. The minimum absolute atomic E-state index is 0.0624. The third-order valence-electron chi connectivity index (χ3n) is 5.85. The largest absolute Gasteiger partial charge is 0.342 e. The van der Waals surface area contributed by atoms with Gasteiger partial charge in [-0.05, 0) is 31.3 Å². The second kappa shape index (κ2) is 9.26. The number of nitrogens with zero attached hydrogens (tertiary/aromatic N) is 2. The molecule has 0 bridgehead atoms. The molecule has 1 atom stereocenters. The fourth-order valence-corrected chi connectivity index (χ4v) is 4.75. The Balaban J connectivity index is 1.96. The van der Waals surface area contributed by atoms with E-state index in [0.717, 1.165) is 63.8 Å². The number of likely N-dealkylation sites (tertiary alicyclic amines) is 1. The Morgan fingerprint density at radius 1 is 1.28 bits per heavy atom. The van der Waals surface area contributed by atoms with Crippen LogP contribution in [-0.4, -0.2) is 65.5 Å². The molecule has 25 heavy (non-hydrogen) atoms. The monoisotopic (exact) mass is 369 g/mol. The summed E-state index contributed by atoms with van der Waals surface area (Å²) in [5.41, 5.74) is -0.248. The van der Waals surface area contributed by atoms with E-state index < -0.39 is 0 Å². The number of hydrogen-bond acceptors (Lipinski definition) is 4. The summed E-state index contributed by atoms with van der Waals surface area (Å²) in [6, 6.07) is -0.0624. The van der Waals surface area contributed by atoms with Gasteiger partial charge in [0.2, 0.25) is 11.8 Å². The number of carbonyl (C=O) groups is 2. The fraction of sp³-hybridized carbons (Fsp3) is 0.895. The van der Waals surface area contributed by atoms with Gasteiger partial charge in [0, 0.05) is 38.9 Å². The summed E-state index contributed by atoms with van der Waals surface area (Å²) < 4.78 is 0. The molecule has 1 spiro atoms. The Hall–Kier alpha value is -0.750. The number of likely N-dealkylation sites (N-methyl/N-ethyl adjacent to an activating group) is 1. The van der Waals surface area contributed by atoms with Crippen LogP contribution in [0, 0.1) is 5.92 Å². The Kier molecular flexibility index (Phi) is 7.62. The van der Waals surface area contributed by atoms with Crippen molar-refractivity contribution in [3.8, 4) is 0 Å². The maximum Gasteiger partial charge on any atom is 0.241 e. The van der Waals surface area contributed by atoms with Crippen molar-refractivity contribution in [1.29, 1.82) is 0 Å². The SMILES string of the molecule is CCCC(CCC)C(=O)N1CCC2(CC1)NC(CCSC)C(=O)N2C. The second-order valence-electron chi connectivity index (χ2n) is 7.51. The lowest BCUT2D eigenvalue weighted by atomic mass is 9.92. The molecule has 2 aliphatic heterocycles. The highest BCUT2D eigenvalue weighted by atomic mass is 32.2. The van der Waals surface area contributed by atoms with Crippen LogP contribution in [0.3, 0.4) is 0 Å². The molecule has 5 nitrogen and oxygen atoms in total. The summed E-state index contributed by atoms with van der Waals surface area (Å²) in [5, 5.41) is 3.60. The topological polar surface area (TPSA) is 52.7 Å². The van der Waals surface area contributed by atoms with E-state index in [0.29, 0.717) is 5.91 Å². The Morgan fingerprint density at radius 3 is 2.40 bits per heavy atom. The van der Waals surface area contributed by atoms with Gasteiger partial charge in [-0.25, -0.2) is 0 Å². The quantitative estimate of drug-likeness (QED) is 0.715. The highest BCUT2D eigenvalue weighted by Gasteiger charge is 2.49. The number of piperidine rings is 1. The maximum atomic E-state index is 12.9. The summed E-state index contributed by atoms with van der Waals surface area (Å²) in [4.78, 5) is 29.4. The number of carbonyl (C=O) groups excluding carboxylic acids is 2. The highest BCUT2D eigenvalue weighted by Crippen LogP contribution is 2.33. The molecule has 2 aliphatic rings. The number of rotatable bonds is 8. The molecular formula is C19H35N3O2S. The third kappa shape index (κ3) is 4.51. The predicted molar refractivity (Wildman–Crippen MR) is 105 cm³/mol. The lowest BCUT2D eigenvalue weighted by Crippen LogP contribution is -2.59. The predicted octanol–water partition coefficient (Wildman–Crippen LogP) is 2.70. The zero-order valence-corrected chi connectivity index (χ0v) is 17.2. The highest BCUT2D eigenvalue weighted by molar-refractivity contribution is 7.98. The molecular weight excluding hydrogens is 334 g/mol. The molecule has 2 rings (SSSR count). The molecule has 0 aliphatic carbocycles. The van der Waals surface area contributed by atoms with E-state index in [1.54, 1.807) is 11.8 Å². The van der Waals surface area contributed by atoms with E-state index in [-0.39, 0.29) is 23.5 Å². The minimum atomic E-state index is -0.248. The van der Waals surface area contributed by atoms with Gasteiger partial charge in [-0.1, -0.05) is 26.7 Å². The van der Waals surface area contributed by atoms with Gasteiger partial charge in [-0.15, -0.1) is 0 Å². The molecule has 2 saturated heterocycles. The van der Waals surface area contributed by atoms with Crippen molar-refractivity contribution in [2.45, 2.75) is 70.5 Å². The Labute approximate surface area is 157 Å². The van der Waals surface area contributed by atoms with Crippen LogP contribution < -0.4 is 5.32 Å². The number of nitrogens with one attached hydrogen (secondary N) is 1.